The van der Waals surface area contributed by atoms with Gasteiger partial charge in [0.15, 0.2) is 11.9 Å². The van der Waals surface area contributed by atoms with Gasteiger partial charge in [-0.3, -0.25) is 9.36 Å². The normalized spacial score (nSPS) is 18.6. The fourth-order valence-corrected chi connectivity index (χ4v) is 7.58. The lowest BCUT2D eigenvalue weighted by atomic mass is 9.91. The number of aliphatic hydroxyl groups is 2. The van der Waals surface area contributed by atoms with E-state index < -0.39 is 38.5 Å². The lowest BCUT2D eigenvalue weighted by molar-refractivity contribution is -0.118. The number of nitrogens with zero attached hydrogens (tertiary/aromatic N) is 8. The number of rotatable bonds is 37. The molecule has 0 aliphatic carbocycles. The van der Waals surface area contributed by atoms with Gasteiger partial charge in [-0.1, -0.05) is 17.3 Å². The molecule has 25 nitrogen and oxygen atoms in total. The molecule has 4 atom stereocenters. The Morgan fingerprint density at radius 2 is 1.36 bits per heavy atom. The highest BCUT2D eigenvalue weighted by atomic mass is 35.5. The van der Waals surface area contributed by atoms with E-state index in [9.17, 15) is 19.6 Å². The van der Waals surface area contributed by atoms with Gasteiger partial charge in [0.2, 0.25) is 5.28 Å². The number of benzene rings is 1. The van der Waals surface area contributed by atoms with E-state index in [1.54, 1.807) is 11.6 Å². The van der Waals surface area contributed by atoms with E-state index in [-0.39, 0.29) is 29.2 Å². The molecule has 2 aliphatic heterocycles. The SMILES string of the molecule is CC(=O)CCOCCOCCOCCOCCn1cc(COCCOCCOCCOCCOc2ccc(C3CN(c4nc(Cl)nc5c4cnn5[C@@H]4O[C@H](COCP(=O)(O)O)[C@@H](O)[C@H]4O)C3)cc2)nn1. The first kappa shape index (κ1) is 55.5. The largest absolute Gasteiger partial charge is 0.491 e. The maximum absolute atomic E-state index is 11.1. The number of carbonyl (C=O) groups excluding carboxylic acids is 1. The van der Waals surface area contributed by atoms with E-state index in [0.717, 1.165) is 17.0 Å². The minimum atomic E-state index is -4.42. The van der Waals surface area contributed by atoms with Crippen LogP contribution in [0.25, 0.3) is 11.0 Å². The molecule has 0 unspecified atom stereocenters. The summed E-state index contributed by atoms with van der Waals surface area (Å²) in [5.74, 6) is 1.61. The number of hydrogen-bond donors (Lipinski definition) is 4. The molecule has 0 bridgehead atoms. The van der Waals surface area contributed by atoms with Gasteiger partial charge in [0.1, 0.15) is 54.3 Å². The van der Waals surface area contributed by atoms with Crippen LogP contribution in [0.3, 0.4) is 0 Å². The minimum Gasteiger partial charge on any atom is -0.491 e. The number of anilines is 1. The summed E-state index contributed by atoms with van der Waals surface area (Å²) in [4.78, 5) is 39.8. The van der Waals surface area contributed by atoms with Crippen LogP contribution in [0, 0.1) is 0 Å². The first-order chi connectivity index (χ1) is 33.9. The number of halogens is 1. The fourth-order valence-electron chi connectivity index (χ4n) is 7.07. The van der Waals surface area contributed by atoms with Crippen molar-refractivity contribution >= 4 is 41.8 Å². The van der Waals surface area contributed by atoms with Gasteiger partial charge in [-0.2, -0.15) is 15.1 Å². The molecule has 27 heteroatoms. The molecule has 3 aromatic heterocycles. The number of ketones is 1. The first-order valence-electron chi connectivity index (χ1n) is 23.0. The first-order valence-corrected chi connectivity index (χ1v) is 25.2. The van der Waals surface area contributed by atoms with Crippen molar-refractivity contribution < 1.29 is 81.5 Å². The number of aliphatic hydroxyl groups excluding tert-OH is 2. The highest BCUT2D eigenvalue weighted by Crippen LogP contribution is 2.38. The molecule has 1 aromatic carbocycles. The van der Waals surface area contributed by atoms with Crippen molar-refractivity contribution in [1.82, 2.24) is 34.7 Å². The Kier molecular flexibility index (Phi) is 23.5. The number of hydrogen-bond acceptors (Lipinski definition) is 21. The molecular formula is C43H64ClN8O17P. The molecule has 0 amide bonds. The number of carbonyl (C=O) groups is 1. The second kappa shape index (κ2) is 29.6. The Morgan fingerprint density at radius 1 is 0.771 bits per heavy atom. The molecule has 0 radical (unpaired) electrons. The van der Waals surface area contributed by atoms with Gasteiger partial charge in [-0.15, -0.1) is 5.10 Å². The maximum atomic E-state index is 11.1. The summed E-state index contributed by atoms with van der Waals surface area (Å²) in [6, 6.07) is 7.90. The molecule has 70 heavy (non-hydrogen) atoms. The van der Waals surface area contributed by atoms with Crippen LogP contribution in [0.4, 0.5) is 5.82 Å². The third-order valence-corrected chi connectivity index (χ3v) is 11.4. The Labute approximate surface area is 409 Å². The lowest BCUT2D eigenvalue weighted by Gasteiger charge is -2.40. The van der Waals surface area contributed by atoms with E-state index in [1.807, 2.05) is 35.4 Å². The smallest absolute Gasteiger partial charge is 0.350 e. The van der Waals surface area contributed by atoms with Crippen molar-refractivity contribution in [2.75, 3.05) is 137 Å². The zero-order valence-corrected chi connectivity index (χ0v) is 40.8. The summed E-state index contributed by atoms with van der Waals surface area (Å²) in [5, 5.41) is 34.4. The Hall–Kier alpha value is -3.86. The van der Waals surface area contributed by atoms with Gasteiger partial charge < -0.3 is 77.0 Å². The third kappa shape index (κ3) is 18.6. The van der Waals surface area contributed by atoms with E-state index in [4.69, 9.17) is 73.5 Å². The molecule has 2 saturated heterocycles. The van der Waals surface area contributed by atoms with Crippen molar-refractivity contribution in [1.29, 1.82) is 0 Å². The molecule has 0 spiro atoms. The summed E-state index contributed by atoms with van der Waals surface area (Å²) in [5.41, 5.74) is 2.13. The van der Waals surface area contributed by atoms with Gasteiger partial charge in [0.05, 0.1) is 137 Å². The zero-order valence-electron chi connectivity index (χ0n) is 39.1. The highest BCUT2D eigenvalue weighted by Gasteiger charge is 2.45. The van der Waals surface area contributed by atoms with Crippen molar-refractivity contribution in [3.05, 3.63) is 53.2 Å². The van der Waals surface area contributed by atoms with Crippen molar-refractivity contribution in [2.45, 2.75) is 57.0 Å². The molecule has 0 saturated carbocycles. The van der Waals surface area contributed by atoms with Gasteiger partial charge in [0, 0.05) is 25.4 Å². The van der Waals surface area contributed by atoms with E-state index >= 15 is 0 Å². The summed E-state index contributed by atoms with van der Waals surface area (Å²) < 4.78 is 75.0. The predicted molar refractivity (Wildman–Crippen MR) is 247 cm³/mol. The Bertz CT molecular complexity index is 2180. The number of aromatic nitrogens is 7. The average Bonchev–Trinajstić information content (AvgIpc) is 4.03. The number of Topliss-reactive ketones (excluding diaryl/α,β-unsaturated/α-hetero) is 1. The van der Waals surface area contributed by atoms with Crippen LogP contribution in [-0.4, -0.2) is 211 Å². The quantitative estimate of drug-likeness (QED) is 0.0280. The molecule has 6 rings (SSSR count). The number of ether oxygens (including phenoxy) is 11. The molecule has 2 fully saturated rings. The highest BCUT2D eigenvalue weighted by molar-refractivity contribution is 7.51. The molecule has 4 aromatic rings. The van der Waals surface area contributed by atoms with Gasteiger partial charge >= 0.3 is 7.60 Å². The van der Waals surface area contributed by atoms with Crippen LogP contribution in [0.1, 0.15) is 36.7 Å². The van der Waals surface area contributed by atoms with E-state index in [1.165, 1.54) is 10.9 Å². The lowest BCUT2D eigenvalue weighted by Crippen LogP contribution is -2.45. The number of fused-ring (bicyclic) bond motifs is 1. The van der Waals surface area contributed by atoms with Crippen LogP contribution in [-0.2, 0) is 69.9 Å². The molecular weight excluding hydrogens is 967 g/mol. The third-order valence-electron chi connectivity index (χ3n) is 10.7. The standard InChI is InChI=1S/C43H64ClN8O17P/c1-31(53)6-8-59-10-12-61-14-15-62-13-11-60-9-7-51-27-34(48-49-51)28-66-21-20-64-17-16-63-18-19-65-22-23-68-35-4-2-32(3-5-35)33-25-50(26-33)40-36-24-45-52(41(36)47-43(44)46-40)42-39(55)38(54)37(69-42)29-67-30-70(56,57)58/h2-5,24,27,33,37-39,42,54-55H,6-23,25-26,28-30H2,1H3,(H2,56,57,58)/t37-,38-,39-,42-/m1/s1. The molecule has 4 N–H and O–H groups in total. The van der Waals surface area contributed by atoms with Crippen LogP contribution < -0.4 is 9.64 Å². The van der Waals surface area contributed by atoms with Crippen molar-refractivity contribution in [3.63, 3.8) is 0 Å². The zero-order chi connectivity index (χ0) is 49.6. The molecule has 390 valence electrons. The summed E-state index contributed by atoms with van der Waals surface area (Å²) in [6.07, 6.45) is -2.14. The topological polar surface area (TPSA) is 294 Å². The summed E-state index contributed by atoms with van der Waals surface area (Å²) in [6.45, 7) is 10.4. The van der Waals surface area contributed by atoms with Gasteiger partial charge in [0.25, 0.3) is 0 Å². The monoisotopic (exact) mass is 1030 g/mol. The Morgan fingerprint density at radius 3 is 1.97 bits per heavy atom. The van der Waals surface area contributed by atoms with E-state index in [2.05, 4.69) is 25.4 Å². The van der Waals surface area contributed by atoms with Gasteiger partial charge in [-0.25, -0.2) is 9.36 Å². The van der Waals surface area contributed by atoms with Crippen molar-refractivity contribution in [3.8, 4) is 5.75 Å². The second-order valence-electron chi connectivity index (χ2n) is 16.1. The van der Waals surface area contributed by atoms with Crippen molar-refractivity contribution in [2.24, 2.45) is 0 Å². The molecule has 5 heterocycles. The minimum absolute atomic E-state index is 0.0409. The van der Waals surface area contributed by atoms with Crippen LogP contribution in [0.5, 0.6) is 5.75 Å². The van der Waals surface area contributed by atoms with E-state index in [0.29, 0.717) is 150 Å². The van der Waals surface area contributed by atoms with Crippen LogP contribution in [0.15, 0.2) is 36.7 Å². The average molecular weight is 1030 g/mol. The second-order valence-corrected chi connectivity index (χ2v) is 18.1. The maximum Gasteiger partial charge on any atom is 0.350 e. The van der Waals surface area contributed by atoms with Gasteiger partial charge in [-0.05, 0) is 36.2 Å². The van der Waals surface area contributed by atoms with Crippen LogP contribution >= 0.6 is 19.2 Å². The predicted octanol–water partition coefficient (Wildman–Crippen LogP) is 1.14. The summed E-state index contributed by atoms with van der Waals surface area (Å²) in [7, 11) is -4.42. The molecule has 2 aliphatic rings. The summed E-state index contributed by atoms with van der Waals surface area (Å²) >= 11 is 6.33. The Balaban J connectivity index is 0.733. The van der Waals surface area contributed by atoms with Crippen LogP contribution in [0.2, 0.25) is 5.28 Å². The fraction of sp³-hybridized carbons (Fsp3) is 0.674.